The van der Waals surface area contributed by atoms with Gasteiger partial charge in [-0.15, -0.1) is 0 Å². The van der Waals surface area contributed by atoms with Gasteiger partial charge in [-0.1, -0.05) is 30.4 Å². The van der Waals surface area contributed by atoms with Gasteiger partial charge >= 0.3 is 5.97 Å². The van der Waals surface area contributed by atoms with E-state index in [0.29, 0.717) is 32.6 Å². The molecule has 1 amide bonds. The van der Waals surface area contributed by atoms with E-state index in [1.54, 1.807) is 23.1 Å². The van der Waals surface area contributed by atoms with Crippen molar-refractivity contribution in [3.63, 3.8) is 0 Å². The normalized spacial score (nSPS) is 16.8. The number of nitrogens with zero attached hydrogens (tertiary/aromatic N) is 1. The van der Waals surface area contributed by atoms with Crippen LogP contribution in [0.25, 0.3) is 6.08 Å². The molecule has 2 heterocycles. The van der Waals surface area contributed by atoms with Gasteiger partial charge in [0.1, 0.15) is 10.1 Å². The van der Waals surface area contributed by atoms with Crippen LogP contribution in [0.3, 0.4) is 0 Å². The zero-order valence-corrected chi connectivity index (χ0v) is 14.8. The van der Waals surface area contributed by atoms with E-state index in [2.05, 4.69) is 15.9 Å². The molecule has 0 unspecified atom stereocenters. The summed E-state index contributed by atoms with van der Waals surface area (Å²) in [6.45, 7) is 0.517. The molecule has 1 N–H and O–H groups in total. The van der Waals surface area contributed by atoms with Crippen molar-refractivity contribution in [2.24, 2.45) is 0 Å². The Balaban J connectivity index is 1.89. The minimum atomic E-state index is -0.793. The first-order valence-corrected chi connectivity index (χ1v) is 8.71. The molecule has 0 bridgehead atoms. The number of thiocarbonyl (C=S) groups is 1. The van der Waals surface area contributed by atoms with Gasteiger partial charge in [0, 0.05) is 19.0 Å². The Bertz CT molecular complexity index is 626. The molecule has 1 aromatic heterocycles. The quantitative estimate of drug-likeness (QED) is 0.423. The molecular weight excluding hydrogens is 390 g/mol. The zero-order valence-electron chi connectivity index (χ0n) is 11.6. The summed E-state index contributed by atoms with van der Waals surface area (Å²) in [7, 11) is 0. The molecule has 118 valence electrons. The van der Waals surface area contributed by atoms with Gasteiger partial charge < -0.3 is 9.52 Å². The monoisotopic (exact) mass is 403 g/mol. The summed E-state index contributed by atoms with van der Waals surface area (Å²) in [6, 6.07) is 3.53. The van der Waals surface area contributed by atoms with Gasteiger partial charge in [0.05, 0.1) is 4.91 Å². The number of carbonyl (C=O) groups is 2. The number of rotatable bonds is 7. The molecule has 1 aliphatic rings. The lowest BCUT2D eigenvalue weighted by atomic mass is 10.2. The molecular formula is C14H14BrNO4S2. The van der Waals surface area contributed by atoms with Gasteiger partial charge in [0.15, 0.2) is 4.67 Å². The van der Waals surface area contributed by atoms with E-state index in [1.165, 1.54) is 11.8 Å². The lowest BCUT2D eigenvalue weighted by Gasteiger charge is -2.13. The number of halogens is 1. The zero-order chi connectivity index (χ0) is 16.1. The molecule has 0 saturated carbocycles. The Hall–Kier alpha value is -1.12. The SMILES string of the molecule is O=C(O)CCCCCN1C(=O)/C(=C/c2ccc(Br)o2)SC1=S. The summed E-state index contributed by atoms with van der Waals surface area (Å²) in [6.07, 6.45) is 3.94. The molecule has 22 heavy (non-hydrogen) atoms. The smallest absolute Gasteiger partial charge is 0.303 e. The van der Waals surface area contributed by atoms with Crippen molar-refractivity contribution >= 4 is 62.2 Å². The highest BCUT2D eigenvalue weighted by atomic mass is 79.9. The number of carbonyl (C=O) groups excluding carboxylic acids is 1. The van der Waals surface area contributed by atoms with E-state index in [4.69, 9.17) is 21.7 Å². The van der Waals surface area contributed by atoms with E-state index < -0.39 is 5.97 Å². The van der Waals surface area contributed by atoms with Crippen molar-refractivity contribution in [2.45, 2.75) is 25.7 Å². The van der Waals surface area contributed by atoms with Crippen LogP contribution in [-0.4, -0.2) is 32.7 Å². The standard InChI is InChI=1S/C14H14BrNO4S2/c15-11-6-5-9(20-11)8-10-13(19)16(14(21)22-10)7-3-1-2-4-12(17)18/h5-6,8H,1-4,7H2,(H,17,18)/b10-8-. The van der Waals surface area contributed by atoms with Gasteiger partial charge in [-0.25, -0.2) is 0 Å². The number of carboxylic acid groups (broad SMARTS) is 1. The Kier molecular flexibility index (Phi) is 6.22. The van der Waals surface area contributed by atoms with Crippen LogP contribution in [0.4, 0.5) is 0 Å². The first-order valence-electron chi connectivity index (χ1n) is 6.70. The van der Waals surface area contributed by atoms with Gasteiger partial charge in [-0.05, 0) is 40.9 Å². The number of unbranched alkanes of at least 4 members (excludes halogenated alkanes) is 2. The number of hydrogen-bond donors (Lipinski definition) is 1. The van der Waals surface area contributed by atoms with Crippen LogP contribution in [-0.2, 0) is 9.59 Å². The number of furan rings is 1. The third-order valence-corrected chi connectivity index (χ3v) is 4.82. The minimum Gasteiger partial charge on any atom is -0.481 e. The van der Waals surface area contributed by atoms with Crippen LogP contribution in [0.5, 0.6) is 0 Å². The van der Waals surface area contributed by atoms with Crippen LogP contribution in [0, 0.1) is 0 Å². The Morgan fingerprint density at radius 3 is 2.82 bits per heavy atom. The summed E-state index contributed by atoms with van der Waals surface area (Å²) in [5, 5.41) is 8.58. The molecule has 1 fully saturated rings. The van der Waals surface area contributed by atoms with Crippen LogP contribution >= 0.6 is 39.9 Å². The first kappa shape index (κ1) is 17.2. The molecule has 1 aliphatic heterocycles. The van der Waals surface area contributed by atoms with E-state index in [1.807, 2.05) is 0 Å². The molecule has 0 aliphatic carbocycles. The summed E-state index contributed by atoms with van der Waals surface area (Å²) < 4.78 is 6.49. The molecule has 5 nitrogen and oxygen atoms in total. The van der Waals surface area contributed by atoms with Crippen molar-refractivity contribution in [1.82, 2.24) is 4.90 Å². The second-order valence-corrected chi connectivity index (χ2v) is 7.14. The average molecular weight is 404 g/mol. The Morgan fingerprint density at radius 2 is 2.18 bits per heavy atom. The average Bonchev–Trinajstić information content (AvgIpc) is 2.96. The number of thioether (sulfide) groups is 1. The fourth-order valence-corrected chi connectivity index (χ4v) is 3.56. The van der Waals surface area contributed by atoms with Crippen molar-refractivity contribution in [3.05, 3.63) is 27.5 Å². The van der Waals surface area contributed by atoms with E-state index in [-0.39, 0.29) is 12.3 Å². The number of carboxylic acids is 1. The molecule has 0 spiro atoms. The van der Waals surface area contributed by atoms with Gasteiger partial charge in [-0.2, -0.15) is 0 Å². The maximum atomic E-state index is 12.3. The van der Waals surface area contributed by atoms with Crippen LogP contribution in [0.1, 0.15) is 31.4 Å². The molecule has 2 rings (SSSR count). The Morgan fingerprint density at radius 1 is 1.41 bits per heavy atom. The predicted octanol–water partition coefficient (Wildman–Crippen LogP) is 3.89. The van der Waals surface area contributed by atoms with Crippen molar-refractivity contribution in [1.29, 1.82) is 0 Å². The minimum absolute atomic E-state index is 0.124. The topological polar surface area (TPSA) is 70.8 Å². The van der Waals surface area contributed by atoms with Crippen molar-refractivity contribution in [2.75, 3.05) is 6.54 Å². The molecule has 1 saturated heterocycles. The van der Waals surface area contributed by atoms with E-state index >= 15 is 0 Å². The maximum absolute atomic E-state index is 12.3. The highest BCUT2D eigenvalue weighted by Crippen LogP contribution is 2.33. The van der Waals surface area contributed by atoms with Crippen molar-refractivity contribution in [3.8, 4) is 0 Å². The highest BCUT2D eigenvalue weighted by Gasteiger charge is 2.31. The van der Waals surface area contributed by atoms with Crippen LogP contribution in [0.2, 0.25) is 0 Å². The second kappa shape index (κ2) is 7.94. The van der Waals surface area contributed by atoms with Crippen LogP contribution < -0.4 is 0 Å². The van der Waals surface area contributed by atoms with E-state index in [9.17, 15) is 9.59 Å². The summed E-state index contributed by atoms with van der Waals surface area (Å²) in [5.41, 5.74) is 0. The summed E-state index contributed by atoms with van der Waals surface area (Å²) >= 11 is 9.70. The maximum Gasteiger partial charge on any atom is 0.303 e. The molecule has 0 atom stereocenters. The van der Waals surface area contributed by atoms with Gasteiger partial charge in [0.2, 0.25) is 0 Å². The van der Waals surface area contributed by atoms with Gasteiger partial charge in [-0.3, -0.25) is 14.5 Å². The third kappa shape index (κ3) is 4.69. The molecule has 8 heteroatoms. The molecule has 0 aromatic carbocycles. The third-order valence-electron chi connectivity index (χ3n) is 3.01. The summed E-state index contributed by atoms with van der Waals surface area (Å²) in [5.74, 6) is -0.326. The largest absolute Gasteiger partial charge is 0.481 e. The Labute approximate surface area is 145 Å². The van der Waals surface area contributed by atoms with E-state index in [0.717, 1.165) is 12.8 Å². The predicted molar refractivity (Wildman–Crippen MR) is 92.4 cm³/mol. The van der Waals surface area contributed by atoms with Gasteiger partial charge in [0.25, 0.3) is 5.91 Å². The fourth-order valence-electron chi connectivity index (χ4n) is 1.95. The molecule has 1 aromatic rings. The first-order chi connectivity index (χ1) is 10.5. The number of hydrogen-bond acceptors (Lipinski definition) is 5. The second-order valence-electron chi connectivity index (χ2n) is 4.68. The lowest BCUT2D eigenvalue weighted by Crippen LogP contribution is -2.29. The summed E-state index contributed by atoms with van der Waals surface area (Å²) in [4.78, 5) is 24.8. The number of aliphatic carboxylic acids is 1. The van der Waals surface area contributed by atoms with Crippen molar-refractivity contribution < 1.29 is 19.1 Å². The fraction of sp³-hybridized carbons (Fsp3) is 0.357. The number of amides is 1. The van der Waals surface area contributed by atoms with Crippen LogP contribution in [0.15, 0.2) is 26.1 Å². The molecule has 0 radical (unpaired) electrons. The lowest BCUT2D eigenvalue weighted by molar-refractivity contribution is -0.137. The highest BCUT2D eigenvalue weighted by molar-refractivity contribution is 9.10.